The number of hydrogen-bond acceptors (Lipinski definition) is 4. The SMILES string of the molecule is CCNC(=O)[C@@H](C)N(Cc1ccccc1F)C(=O)CN(c1ccc(C)cc1C)S(=O)(=O)c1ccc(C)cc1. The standard InChI is InChI=1S/C29H34FN3O4S/c1-6-31-29(35)23(5)32(18-24-9-7-8-10-26(24)30)28(34)19-33(27-16-13-21(3)17-22(27)4)38(36,37)25-14-11-20(2)12-15-25/h7-17,23H,6,18-19H2,1-5H3,(H,31,35)/t23-/m1/s1. The van der Waals surface area contributed by atoms with E-state index in [9.17, 15) is 22.4 Å². The van der Waals surface area contributed by atoms with E-state index >= 15 is 0 Å². The zero-order valence-corrected chi connectivity index (χ0v) is 23.2. The van der Waals surface area contributed by atoms with Crippen molar-refractivity contribution >= 4 is 27.5 Å². The predicted octanol–water partition coefficient (Wildman–Crippen LogP) is 4.50. The van der Waals surface area contributed by atoms with Gasteiger partial charge in [-0.25, -0.2) is 12.8 Å². The molecule has 1 atom stereocenters. The third-order valence-electron chi connectivity index (χ3n) is 6.33. The Morgan fingerprint density at radius 2 is 1.58 bits per heavy atom. The second-order valence-electron chi connectivity index (χ2n) is 9.30. The molecule has 7 nitrogen and oxygen atoms in total. The van der Waals surface area contributed by atoms with Crippen molar-refractivity contribution in [3.8, 4) is 0 Å². The minimum absolute atomic E-state index is 0.0355. The van der Waals surface area contributed by atoms with E-state index in [0.29, 0.717) is 17.8 Å². The molecule has 0 spiro atoms. The van der Waals surface area contributed by atoms with Crippen molar-refractivity contribution in [2.45, 2.75) is 52.1 Å². The lowest BCUT2D eigenvalue weighted by Crippen LogP contribution is -2.51. The highest BCUT2D eigenvalue weighted by Gasteiger charge is 2.33. The number of rotatable bonds is 10. The Hall–Kier alpha value is -3.72. The van der Waals surface area contributed by atoms with Gasteiger partial charge < -0.3 is 10.2 Å². The summed E-state index contributed by atoms with van der Waals surface area (Å²) in [6, 6.07) is 16.7. The maximum Gasteiger partial charge on any atom is 0.264 e. The molecule has 0 bridgehead atoms. The zero-order chi connectivity index (χ0) is 28.0. The molecular formula is C29H34FN3O4S. The molecule has 3 aromatic rings. The Morgan fingerprint density at radius 1 is 0.947 bits per heavy atom. The number of amides is 2. The number of anilines is 1. The largest absolute Gasteiger partial charge is 0.355 e. The fourth-order valence-corrected chi connectivity index (χ4v) is 5.63. The number of nitrogens with one attached hydrogen (secondary N) is 1. The lowest BCUT2D eigenvalue weighted by Gasteiger charge is -2.32. The van der Waals surface area contributed by atoms with Crippen LogP contribution in [0.2, 0.25) is 0 Å². The van der Waals surface area contributed by atoms with Crippen molar-refractivity contribution in [3.63, 3.8) is 0 Å². The summed E-state index contributed by atoms with van der Waals surface area (Å²) in [6.07, 6.45) is 0. The van der Waals surface area contributed by atoms with Crippen LogP contribution < -0.4 is 9.62 Å². The van der Waals surface area contributed by atoms with Crippen LogP contribution in [0.4, 0.5) is 10.1 Å². The maximum absolute atomic E-state index is 14.5. The van der Waals surface area contributed by atoms with Crippen LogP contribution in [0, 0.1) is 26.6 Å². The Balaban J connectivity index is 2.08. The van der Waals surface area contributed by atoms with Crippen molar-refractivity contribution < 1.29 is 22.4 Å². The van der Waals surface area contributed by atoms with Crippen LogP contribution in [-0.2, 0) is 26.2 Å². The molecule has 0 heterocycles. The number of carbonyl (C=O) groups excluding carboxylic acids is 2. The Labute approximate surface area is 224 Å². The molecule has 38 heavy (non-hydrogen) atoms. The average molecular weight is 540 g/mol. The molecule has 0 aromatic heterocycles. The van der Waals surface area contributed by atoms with Gasteiger partial charge in [0.25, 0.3) is 10.0 Å². The van der Waals surface area contributed by atoms with Crippen molar-refractivity contribution in [1.29, 1.82) is 0 Å². The highest BCUT2D eigenvalue weighted by Crippen LogP contribution is 2.28. The summed E-state index contributed by atoms with van der Waals surface area (Å²) >= 11 is 0. The molecule has 0 radical (unpaired) electrons. The first-order valence-electron chi connectivity index (χ1n) is 12.4. The topological polar surface area (TPSA) is 86.8 Å². The van der Waals surface area contributed by atoms with Crippen LogP contribution in [0.3, 0.4) is 0 Å². The number of likely N-dealkylation sites (N-methyl/N-ethyl adjacent to an activating group) is 1. The van der Waals surface area contributed by atoms with Crippen LogP contribution in [0.15, 0.2) is 71.6 Å². The molecule has 2 amide bonds. The number of benzene rings is 3. The molecule has 0 saturated carbocycles. The van der Waals surface area contributed by atoms with Crippen molar-refractivity contribution in [2.75, 3.05) is 17.4 Å². The fraction of sp³-hybridized carbons (Fsp3) is 0.310. The summed E-state index contributed by atoms with van der Waals surface area (Å²) in [6.45, 7) is 8.40. The van der Waals surface area contributed by atoms with Gasteiger partial charge in [0.05, 0.1) is 10.6 Å². The number of halogens is 1. The number of nitrogens with zero attached hydrogens (tertiary/aromatic N) is 2. The fourth-order valence-electron chi connectivity index (χ4n) is 4.15. The summed E-state index contributed by atoms with van der Waals surface area (Å²) in [5.41, 5.74) is 3.07. The van der Waals surface area contributed by atoms with Gasteiger partial charge >= 0.3 is 0 Å². The first-order chi connectivity index (χ1) is 17.9. The molecule has 0 aliphatic heterocycles. The van der Waals surface area contributed by atoms with Crippen LogP contribution in [0.25, 0.3) is 0 Å². The minimum Gasteiger partial charge on any atom is -0.355 e. The number of carbonyl (C=O) groups is 2. The smallest absolute Gasteiger partial charge is 0.264 e. The maximum atomic E-state index is 14.5. The molecule has 3 rings (SSSR count). The quantitative estimate of drug-likeness (QED) is 0.411. The van der Waals surface area contributed by atoms with Crippen LogP contribution in [0.5, 0.6) is 0 Å². The molecule has 0 aliphatic carbocycles. The molecule has 0 aliphatic rings. The lowest BCUT2D eigenvalue weighted by molar-refractivity contribution is -0.139. The Bertz CT molecular complexity index is 1410. The van der Waals surface area contributed by atoms with Gasteiger partial charge in [-0.3, -0.25) is 13.9 Å². The van der Waals surface area contributed by atoms with Gasteiger partial charge in [0.2, 0.25) is 11.8 Å². The summed E-state index contributed by atoms with van der Waals surface area (Å²) in [4.78, 5) is 27.8. The highest BCUT2D eigenvalue weighted by molar-refractivity contribution is 7.92. The van der Waals surface area contributed by atoms with E-state index in [1.54, 1.807) is 51.1 Å². The summed E-state index contributed by atoms with van der Waals surface area (Å²) in [5, 5.41) is 2.68. The van der Waals surface area contributed by atoms with Gasteiger partial charge in [-0.1, -0.05) is 53.6 Å². The van der Waals surface area contributed by atoms with E-state index in [1.165, 1.54) is 35.2 Å². The highest BCUT2D eigenvalue weighted by atomic mass is 32.2. The van der Waals surface area contributed by atoms with E-state index in [4.69, 9.17) is 0 Å². The second-order valence-corrected chi connectivity index (χ2v) is 11.2. The first kappa shape index (κ1) is 28.8. The molecule has 9 heteroatoms. The van der Waals surface area contributed by atoms with Gasteiger partial charge in [0.15, 0.2) is 0 Å². The molecular weight excluding hydrogens is 505 g/mol. The van der Waals surface area contributed by atoms with E-state index in [-0.39, 0.29) is 17.0 Å². The predicted molar refractivity (Wildman–Crippen MR) is 147 cm³/mol. The van der Waals surface area contributed by atoms with Gasteiger partial charge in [0.1, 0.15) is 18.4 Å². The summed E-state index contributed by atoms with van der Waals surface area (Å²) < 4.78 is 43.4. The molecule has 1 N–H and O–H groups in total. The Kier molecular flexibility index (Phi) is 9.27. The average Bonchev–Trinajstić information content (AvgIpc) is 2.87. The van der Waals surface area contributed by atoms with Crippen LogP contribution in [-0.4, -0.2) is 44.3 Å². The molecule has 0 saturated heterocycles. The normalized spacial score (nSPS) is 12.1. The van der Waals surface area contributed by atoms with Gasteiger partial charge in [-0.05, 0) is 64.4 Å². The Morgan fingerprint density at radius 3 is 2.18 bits per heavy atom. The zero-order valence-electron chi connectivity index (χ0n) is 22.4. The van der Waals surface area contributed by atoms with Crippen molar-refractivity contribution in [2.24, 2.45) is 0 Å². The molecule has 0 unspecified atom stereocenters. The van der Waals surface area contributed by atoms with Crippen molar-refractivity contribution in [1.82, 2.24) is 10.2 Å². The van der Waals surface area contributed by atoms with E-state index < -0.39 is 40.2 Å². The molecule has 202 valence electrons. The van der Waals surface area contributed by atoms with Gasteiger partial charge in [-0.15, -0.1) is 0 Å². The summed E-state index contributed by atoms with van der Waals surface area (Å²) in [5.74, 6) is -1.58. The van der Waals surface area contributed by atoms with Crippen molar-refractivity contribution in [3.05, 3.63) is 94.8 Å². The second kappa shape index (κ2) is 12.2. The number of sulfonamides is 1. The summed E-state index contributed by atoms with van der Waals surface area (Å²) in [7, 11) is -4.16. The molecule has 0 fully saturated rings. The number of hydrogen-bond donors (Lipinski definition) is 1. The minimum atomic E-state index is -4.16. The van der Waals surface area contributed by atoms with E-state index in [2.05, 4.69) is 5.32 Å². The van der Waals surface area contributed by atoms with Gasteiger partial charge in [-0.2, -0.15) is 0 Å². The monoisotopic (exact) mass is 539 g/mol. The van der Waals surface area contributed by atoms with Gasteiger partial charge in [0, 0.05) is 18.7 Å². The van der Waals surface area contributed by atoms with E-state index in [1.807, 2.05) is 19.9 Å². The third-order valence-corrected chi connectivity index (χ3v) is 8.10. The lowest BCUT2D eigenvalue weighted by atomic mass is 10.1. The first-order valence-corrected chi connectivity index (χ1v) is 13.9. The van der Waals surface area contributed by atoms with E-state index in [0.717, 1.165) is 15.4 Å². The van der Waals surface area contributed by atoms with Crippen LogP contribution in [0.1, 0.15) is 36.1 Å². The third kappa shape index (κ3) is 6.58. The number of aryl methyl sites for hydroxylation is 3. The van der Waals surface area contributed by atoms with Crippen LogP contribution >= 0.6 is 0 Å². The molecule has 3 aromatic carbocycles.